The fraction of sp³-hybridized carbons (Fsp3) is 0.417. The van der Waals surface area contributed by atoms with Crippen LogP contribution in [-0.4, -0.2) is 46.3 Å². The number of carbonyl (C=O) groups is 1. The molecular formula is C24H27N3OS. The number of hydrogen-bond donors (Lipinski definition) is 0. The summed E-state index contributed by atoms with van der Waals surface area (Å²) in [4.78, 5) is 17.0. The molecule has 1 amide bonds. The number of nitrogens with zero attached hydrogens (tertiary/aromatic N) is 3. The van der Waals surface area contributed by atoms with Crippen LogP contribution in [0.2, 0.25) is 0 Å². The zero-order chi connectivity index (χ0) is 19.6. The Morgan fingerprint density at radius 3 is 2.59 bits per heavy atom. The number of likely N-dealkylation sites (tertiary alicyclic amines) is 1. The Morgan fingerprint density at radius 2 is 1.72 bits per heavy atom. The zero-order valence-corrected chi connectivity index (χ0v) is 17.5. The molecule has 150 valence electrons. The van der Waals surface area contributed by atoms with Crippen LogP contribution < -0.4 is 0 Å². The maximum Gasteiger partial charge on any atom is 0.254 e. The second-order valence-electron chi connectivity index (χ2n) is 8.27. The van der Waals surface area contributed by atoms with E-state index in [1.807, 2.05) is 23.1 Å². The van der Waals surface area contributed by atoms with Gasteiger partial charge < -0.3 is 9.80 Å². The lowest BCUT2D eigenvalue weighted by atomic mass is 9.91. The number of benzene rings is 2. The minimum atomic E-state index is 0.205. The van der Waals surface area contributed by atoms with Gasteiger partial charge in [0.05, 0.1) is 10.4 Å². The maximum absolute atomic E-state index is 12.4. The van der Waals surface area contributed by atoms with Crippen molar-refractivity contribution in [3.05, 3.63) is 65.4 Å². The quantitative estimate of drug-likeness (QED) is 0.547. The van der Waals surface area contributed by atoms with Crippen molar-refractivity contribution in [2.24, 2.45) is 0 Å². The first-order valence-corrected chi connectivity index (χ1v) is 11.5. The Balaban J connectivity index is 1.06. The molecule has 2 aliphatic heterocycles. The third-order valence-corrected chi connectivity index (χ3v) is 7.27. The Bertz CT molecular complexity index is 1010. The van der Waals surface area contributed by atoms with E-state index in [4.69, 9.17) is 4.37 Å². The highest BCUT2D eigenvalue weighted by atomic mass is 32.1. The number of hydrogen-bond acceptors (Lipinski definition) is 4. The SMILES string of the molecule is O=C1c2ccccc2CN1CCCCN1CCC(c2nsc3ccccc23)CC1. The number of amides is 1. The smallest absolute Gasteiger partial charge is 0.254 e. The predicted octanol–water partition coefficient (Wildman–Crippen LogP) is 4.91. The number of fused-ring (bicyclic) bond motifs is 2. The minimum absolute atomic E-state index is 0.205. The largest absolute Gasteiger partial charge is 0.334 e. The molecule has 0 radical (unpaired) electrons. The fourth-order valence-corrected chi connectivity index (χ4v) is 5.62. The van der Waals surface area contributed by atoms with Crippen LogP contribution in [0.25, 0.3) is 10.1 Å². The highest BCUT2D eigenvalue weighted by Crippen LogP contribution is 2.34. The summed E-state index contributed by atoms with van der Waals surface area (Å²) >= 11 is 1.64. The van der Waals surface area contributed by atoms with Gasteiger partial charge >= 0.3 is 0 Å². The van der Waals surface area contributed by atoms with Crippen LogP contribution in [0.4, 0.5) is 0 Å². The second kappa shape index (κ2) is 8.25. The summed E-state index contributed by atoms with van der Waals surface area (Å²) in [6.45, 7) is 5.10. The van der Waals surface area contributed by atoms with E-state index in [1.165, 1.54) is 34.2 Å². The third kappa shape index (κ3) is 3.81. The van der Waals surface area contributed by atoms with Crippen LogP contribution in [0.1, 0.15) is 53.2 Å². The van der Waals surface area contributed by atoms with Gasteiger partial charge in [-0.15, -0.1) is 0 Å². The molecule has 5 rings (SSSR count). The van der Waals surface area contributed by atoms with E-state index in [0.29, 0.717) is 5.92 Å². The van der Waals surface area contributed by atoms with Crippen molar-refractivity contribution in [3.8, 4) is 0 Å². The average Bonchev–Trinajstić information content (AvgIpc) is 3.33. The first-order valence-electron chi connectivity index (χ1n) is 10.7. The van der Waals surface area contributed by atoms with Gasteiger partial charge in [0.2, 0.25) is 0 Å². The summed E-state index contributed by atoms with van der Waals surface area (Å²) in [6, 6.07) is 16.6. The average molecular weight is 406 g/mol. The number of rotatable bonds is 6. The van der Waals surface area contributed by atoms with Crippen molar-refractivity contribution < 1.29 is 4.79 Å². The summed E-state index contributed by atoms with van der Waals surface area (Å²) in [5.41, 5.74) is 3.38. The zero-order valence-electron chi connectivity index (χ0n) is 16.7. The first kappa shape index (κ1) is 18.8. The van der Waals surface area contributed by atoms with Gasteiger partial charge in [0.25, 0.3) is 5.91 Å². The molecule has 4 nitrogen and oxygen atoms in total. The Labute approximate surface area is 176 Å². The van der Waals surface area contributed by atoms with Crippen LogP contribution >= 0.6 is 11.5 Å². The molecule has 1 saturated heterocycles. The molecule has 1 aromatic heterocycles. The molecule has 5 heteroatoms. The molecule has 0 bridgehead atoms. The van der Waals surface area contributed by atoms with E-state index >= 15 is 0 Å². The van der Waals surface area contributed by atoms with Crippen LogP contribution in [0.3, 0.4) is 0 Å². The molecule has 2 aromatic carbocycles. The molecule has 0 spiro atoms. The molecule has 0 saturated carbocycles. The Kier molecular flexibility index (Phi) is 5.34. The molecule has 3 heterocycles. The number of aromatic nitrogens is 1. The topological polar surface area (TPSA) is 36.4 Å². The molecule has 1 fully saturated rings. The van der Waals surface area contributed by atoms with E-state index in [9.17, 15) is 4.79 Å². The van der Waals surface area contributed by atoms with Crippen LogP contribution in [0.15, 0.2) is 48.5 Å². The van der Waals surface area contributed by atoms with Crippen molar-refractivity contribution in [2.45, 2.75) is 38.1 Å². The lowest BCUT2D eigenvalue weighted by molar-refractivity contribution is 0.0773. The maximum atomic E-state index is 12.4. The van der Waals surface area contributed by atoms with Crippen molar-refractivity contribution in [1.29, 1.82) is 0 Å². The number of piperidine rings is 1. The summed E-state index contributed by atoms with van der Waals surface area (Å²) in [7, 11) is 0. The summed E-state index contributed by atoms with van der Waals surface area (Å²) < 4.78 is 6.08. The lowest BCUT2D eigenvalue weighted by Gasteiger charge is -2.31. The Hall–Kier alpha value is -2.24. The first-order chi connectivity index (χ1) is 14.3. The molecule has 2 aliphatic rings. The van der Waals surface area contributed by atoms with Crippen LogP contribution in [0.5, 0.6) is 0 Å². The lowest BCUT2D eigenvalue weighted by Crippen LogP contribution is -2.34. The highest BCUT2D eigenvalue weighted by Gasteiger charge is 2.26. The van der Waals surface area contributed by atoms with E-state index in [2.05, 4.69) is 35.2 Å². The van der Waals surface area contributed by atoms with Gasteiger partial charge in [-0.1, -0.05) is 36.4 Å². The van der Waals surface area contributed by atoms with Gasteiger partial charge in [-0.25, -0.2) is 0 Å². The molecule has 29 heavy (non-hydrogen) atoms. The van der Waals surface area contributed by atoms with E-state index in [0.717, 1.165) is 51.1 Å². The minimum Gasteiger partial charge on any atom is -0.334 e. The number of carbonyl (C=O) groups excluding carboxylic acids is 1. The standard InChI is InChI=1S/C24H27N3OS/c28-24-20-8-2-1-7-19(20)17-27(24)14-6-5-13-26-15-11-18(12-16-26)23-21-9-3-4-10-22(21)29-25-23/h1-4,7-10,18H,5-6,11-17H2. The van der Waals surface area contributed by atoms with E-state index in [-0.39, 0.29) is 5.91 Å². The molecular weight excluding hydrogens is 378 g/mol. The predicted molar refractivity (Wildman–Crippen MR) is 118 cm³/mol. The van der Waals surface area contributed by atoms with Crippen LogP contribution in [0, 0.1) is 0 Å². The summed E-state index contributed by atoms with van der Waals surface area (Å²) in [6.07, 6.45) is 4.64. The molecule has 0 aliphatic carbocycles. The highest BCUT2D eigenvalue weighted by molar-refractivity contribution is 7.13. The summed E-state index contributed by atoms with van der Waals surface area (Å²) in [5.74, 6) is 0.806. The third-order valence-electron chi connectivity index (χ3n) is 6.43. The Morgan fingerprint density at radius 1 is 0.966 bits per heavy atom. The van der Waals surface area contributed by atoms with E-state index < -0.39 is 0 Å². The molecule has 0 unspecified atom stereocenters. The van der Waals surface area contributed by atoms with Crippen molar-refractivity contribution >= 4 is 27.5 Å². The van der Waals surface area contributed by atoms with Crippen molar-refractivity contribution in [2.75, 3.05) is 26.2 Å². The van der Waals surface area contributed by atoms with Gasteiger partial charge in [-0.2, -0.15) is 4.37 Å². The van der Waals surface area contributed by atoms with Crippen molar-refractivity contribution in [1.82, 2.24) is 14.2 Å². The van der Waals surface area contributed by atoms with Crippen molar-refractivity contribution in [3.63, 3.8) is 0 Å². The molecule has 0 atom stereocenters. The van der Waals surface area contributed by atoms with E-state index in [1.54, 1.807) is 11.5 Å². The summed E-state index contributed by atoms with van der Waals surface area (Å²) in [5, 5.41) is 1.35. The van der Waals surface area contributed by atoms with Gasteiger partial charge in [0, 0.05) is 30.0 Å². The fourth-order valence-electron chi connectivity index (χ4n) is 4.76. The molecule has 0 N–H and O–H groups in total. The number of unbranched alkanes of at least 4 members (excludes halogenated alkanes) is 1. The van der Waals surface area contributed by atoms with Gasteiger partial charge in [-0.3, -0.25) is 4.79 Å². The van der Waals surface area contributed by atoms with Gasteiger partial charge in [0.15, 0.2) is 0 Å². The van der Waals surface area contributed by atoms with Gasteiger partial charge in [0.1, 0.15) is 0 Å². The monoisotopic (exact) mass is 405 g/mol. The normalized spacial score (nSPS) is 17.9. The van der Waals surface area contributed by atoms with Gasteiger partial charge in [-0.05, 0) is 74.5 Å². The molecule has 3 aromatic rings. The van der Waals surface area contributed by atoms with Crippen LogP contribution in [-0.2, 0) is 6.54 Å². The second-order valence-corrected chi connectivity index (χ2v) is 9.08.